The SMILES string of the molecule is CCNC(=NCC1CN2CCN1CC2)NCCc1ccccc1OC.I. The van der Waals surface area contributed by atoms with Gasteiger partial charge in [-0.25, -0.2) is 0 Å². The smallest absolute Gasteiger partial charge is 0.191 e. The molecule has 0 saturated carbocycles. The van der Waals surface area contributed by atoms with E-state index in [-0.39, 0.29) is 24.0 Å². The Bertz CT molecular complexity index is 575. The van der Waals surface area contributed by atoms with E-state index in [1.807, 2.05) is 12.1 Å². The predicted octanol–water partition coefficient (Wildman–Crippen LogP) is 1.41. The maximum atomic E-state index is 5.42. The number of benzene rings is 1. The fourth-order valence-electron chi connectivity index (χ4n) is 3.66. The van der Waals surface area contributed by atoms with Crippen molar-refractivity contribution in [2.45, 2.75) is 19.4 Å². The number of nitrogens with zero attached hydrogens (tertiary/aromatic N) is 3. The third kappa shape index (κ3) is 5.72. The summed E-state index contributed by atoms with van der Waals surface area (Å²) in [6.45, 7) is 10.7. The molecule has 1 atom stereocenters. The second-order valence-electron chi connectivity index (χ2n) is 6.70. The van der Waals surface area contributed by atoms with Crippen molar-refractivity contribution in [3.05, 3.63) is 29.8 Å². The summed E-state index contributed by atoms with van der Waals surface area (Å²) in [5.41, 5.74) is 1.22. The Balaban J connectivity index is 0.00000243. The van der Waals surface area contributed by atoms with Gasteiger partial charge in [-0.15, -0.1) is 24.0 Å². The van der Waals surface area contributed by atoms with Gasteiger partial charge in [0.2, 0.25) is 0 Å². The van der Waals surface area contributed by atoms with E-state index in [4.69, 9.17) is 9.73 Å². The van der Waals surface area contributed by atoms with Crippen molar-refractivity contribution in [1.82, 2.24) is 20.4 Å². The van der Waals surface area contributed by atoms with Crippen LogP contribution in [0.2, 0.25) is 0 Å². The number of para-hydroxylation sites is 1. The summed E-state index contributed by atoms with van der Waals surface area (Å²) in [5, 5.41) is 6.81. The molecule has 3 heterocycles. The molecular weight excluding hydrogens is 441 g/mol. The van der Waals surface area contributed by atoms with E-state index >= 15 is 0 Å². The number of rotatable bonds is 7. The highest BCUT2D eigenvalue weighted by Gasteiger charge is 2.31. The minimum Gasteiger partial charge on any atom is -0.496 e. The predicted molar refractivity (Wildman–Crippen MR) is 118 cm³/mol. The third-order valence-corrected chi connectivity index (χ3v) is 5.08. The van der Waals surface area contributed by atoms with Gasteiger partial charge in [-0.05, 0) is 25.0 Å². The number of halogens is 1. The molecule has 26 heavy (non-hydrogen) atoms. The molecule has 146 valence electrons. The summed E-state index contributed by atoms with van der Waals surface area (Å²) in [5.74, 6) is 1.86. The van der Waals surface area contributed by atoms with Crippen molar-refractivity contribution >= 4 is 29.9 Å². The van der Waals surface area contributed by atoms with Crippen molar-refractivity contribution in [1.29, 1.82) is 0 Å². The van der Waals surface area contributed by atoms with Crippen molar-refractivity contribution in [2.24, 2.45) is 4.99 Å². The van der Waals surface area contributed by atoms with Gasteiger partial charge in [-0.2, -0.15) is 0 Å². The molecule has 1 aromatic rings. The fourth-order valence-corrected chi connectivity index (χ4v) is 3.66. The molecule has 0 amide bonds. The van der Waals surface area contributed by atoms with Crippen LogP contribution in [0.1, 0.15) is 12.5 Å². The van der Waals surface area contributed by atoms with E-state index in [0.717, 1.165) is 44.3 Å². The molecule has 0 radical (unpaired) electrons. The maximum Gasteiger partial charge on any atom is 0.191 e. The summed E-state index contributed by atoms with van der Waals surface area (Å²) in [6.07, 6.45) is 0.914. The second kappa shape index (κ2) is 10.9. The zero-order chi connectivity index (χ0) is 17.5. The van der Waals surface area contributed by atoms with Crippen LogP contribution in [-0.2, 0) is 6.42 Å². The van der Waals surface area contributed by atoms with Crippen LogP contribution < -0.4 is 15.4 Å². The number of piperazine rings is 3. The van der Waals surface area contributed by atoms with Gasteiger partial charge in [0.1, 0.15) is 5.75 Å². The molecule has 3 aliphatic heterocycles. The largest absolute Gasteiger partial charge is 0.496 e. The minimum absolute atomic E-state index is 0. The monoisotopic (exact) mass is 473 g/mol. The lowest BCUT2D eigenvalue weighted by Gasteiger charge is -2.47. The van der Waals surface area contributed by atoms with Crippen LogP contribution in [0.4, 0.5) is 0 Å². The number of methoxy groups -OCH3 is 1. The fraction of sp³-hybridized carbons (Fsp3) is 0.632. The molecule has 1 aromatic carbocycles. The van der Waals surface area contributed by atoms with Gasteiger partial charge in [-0.3, -0.25) is 14.8 Å². The van der Waals surface area contributed by atoms with Crippen molar-refractivity contribution in [3.63, 3.8) is 0 Å². The Labute approximate surface area is 174 Å². The Hall–Kier alpha value is -1.06. The highest BCUT2D eigenvalue weighted by Crippen LogP contribution is 2.17. The number of ether oxygens (including phenoxy) is 1. The Kier molecular flexibility index (Phi) is 8.94. The molecule has 3 aliphatic rings. The van der Waals surface area contributed by atoms with Gasteiger partial charge in [0.15, 0.2) is 5.96 Å². The quantitative estimate of drug-likeness (QED) is 0.357. The van der Waals surface area contributed by atoms with Gasteiger partial charge in [0, 0.05) is 51.9 Å². The first-order valence-electron chi connectivity index (χ1n) is 9.40. The van der Waals surface area contributed by atoms with Crippen LogP contribution >= 0.6 is 24.0 Å². The summed E-state index contributed by atoms with van der Waals surface area (Å²) in [4.78, 5) is 9.97. The molecule has 0 spiro atoms. The first-order valence-corrected chi connectivity index (χ1v) is 9.40. The summed E-state index contributed by atoms with van der Waals surface area (Å²) in [6, 6.07) is 8.75. The van der Waals surface area contributed by atoms with Crippen molar-refractivity contribution < 1.29 is 4.74 Å². The summed E-state index contributed by atoms with van der Waals surface area (Å²) < 4.78 is 5.42. The zero-order valence-corrected chi connectivity index (χ0v) is 18.2. The first-order chi connectivity index (χ1) is 12.3. The summed E-state index contributed by atoms with van der Waals surface area (Å²) >= 11 is 0. The highest BCUT2D eigenvalue weighted by molar-refractivity contribution is 14.0. The third-order valence-electron chi connectivity index (χ3n) is 5.08. The lowest BCUT2D eigenvalue weighted by atomic mass is 10.1. The lowest BCUT2D eigenvalue weighted by Crippen LogP contribution is -2.62. The molecule has 4 rings (SSSR count). The highest BCUT2D eigenvalue weighted by atomic mass is 127. The van der Waals surface area contributed by atoms with Crippen LogP contribution in [0, 0.1) is 0 Å². The van der Waals surface area contributed by atoms with Crippen LogP contribution in [0.15, 0.2) is 29.3 Å². The van der Waals surface area contributed by atoms with E-state index in [0.29, 0.717) is 6.04 Å². The Morgan fingerprint density at radius 1 is 1.19 bits per heavy atom. The van der Waals surface area contributed by atoms with Crippen LogP contribution in [0.25, 0.3) is 0 Å². The van der Waals surface area contributed by atoms with Crippen molar-refractivity contribution in [3.8, 4) is 5.75 Å². The normalized spacial score (nSPS) is 24.7. The first kappa shape index (κ1) is 21.2. The number of guanidine groups is 1. The molecule has 2 bridgehead atoms. The molecule has 3 saturated heterocycles. The average Bonchev–Trinajstić information content (AvgIpc) is 2.67. The molecular formula is C19H32IN5O. The number of hydrogen-bond donors (Lipinski definition) is 2. The van der Waals surface area contributed by atoms with Gasteiger partial charge < -0.3 is 15.4 Å². The molecule has 6 nitrogen and oxygen atoms in total. The van der Waals surface area contributed by atoms with Gasteiger partial charge in [0.05, 0.1) is 13.7 Å². The molecule has 7 heteroatoms. The molecule has 0 aliphatic carbocycles. The Morgan fingerprint density at radius 3 is 2.62 bits per heavy atom. The minimum atomic E-state index is 0. The van der Waals surface area contributed by atoms with E-state index in [9.17, 15) is 0 Å². The van der Waals surface area contributed by atoms with Gasteiger partial charge in [0.25, 0.3) is 0 Å². The number of nitrogens with one attached hydrogen (secondary N) is 2. The number of hydrogen-bond acceptors (Lipinski definition) is 4. The van der Waals surface area contributed by atoms with Crippen LogP contribution in [0.5, 0.6) is 5.75 Å². The zero-order valence-electron chi connectivity index (χ0n) is 15.9. The molecule has 1 unspecified atom stereocenters. The Morgan fingerprint density at radius 2 is 1.96 bits per heavy atom. The van der Waals surface area contributed by atoms with Gasteiger partial charge in [-0.1, -0.05) is 18.2 Å². The average molecular weight is 473 g/mol. The van der Waals surface area contributed by atoms with Crippen molar-refractivity contribution in [2.75, 3.05) is 59.5 Å². The van der Waals surface area contributed by atoms with Gasteiger partial charge >= 0.3 is 0 Å². The second-order valence-corrected chi connectivity index (χ2v) is 6.70. The van der Waals surface area contributed by atoms with Crippen LogP contribution in [0.3, 0.4) is 0 Å². The number of aliphatic imine (C=N–C) groups is 1. The topological polar surface area (TPSA) is 52.1 Å². The summed E-state index contributed by atoms with van der Waals surface area (Å²) in [7, 11) is 1.72. The van der Waals surface area contributed by atoms with E-state index < -0.39 is 0 Å². The lowest BCUT2D eigenvalue weighted by molar-refractivity contribution is 0.0174. The van der Waals surface area contributed by atoms with E-state index in [2.05, 4.69) is 39.5 Å². The molecule has 2 N–H and O–H groups in total. The van der Waals surface area contributed by atoms with E-state index in [1.54, 1.807) is 7.11 Å². The van der Waals surface area contributed by atoms with E-state index in [1.165, 1.54) is 31.7 Å². The molecule has 0 aromatic heterocycles. The molecule has 3 fully saturated rings. The van der Waals surface area contributed by atoms with Crippen LogP contribution in [-0.4, -0.2) is 81.3 Å². The number of fused-ring (bicyclic) bond motifs is 3. The maximum absolute atomic E-state index is 5.42. The standard InChI is InChI=1S/C19H31N5O.HI/c1-3-20-19(21-9-8-16-6-4-5-7-18(16)25-2)22-14-17-15-23-10-12-24(17)13-11-23;/h4-7,17H,3,8-15H2,1-2H3,(H2,20,21,22);1H.